The Bertz CT molecular complexity index is 783. The summed E-state index contributed by atoms with van der Waals surface area (Å²) in [5, 5.41) is 70.1. The molecule has 0 radical (unpaired) electrons. The molecule has 176 valence electrons. The van der Waals surface area contributed by atoms with Crippen molar-refractivity contribution in [3.05, 3.63) is 0 Å². The van der Waals surface area contributed by atoms with E-state index in [0.29, 0.717) is 39.0 Å². The molecule has 1 heterocycles. The highest BCUT2D eigenvalue weighted by Gasteiger charge is 2.90. The van der Waals surface area contributed by atoms with Crippen LogP contribution in [-0.4, -0.2) is 104 Å². The van der Waals surface area contributed by atoms with Gasteiger partial charge in [0.25, 0.3) is 0 Å². The second-order valence-corrected chi connectivity index (χ2v) is 11.7. The minimum Gasteiger partial charge on any atom is -0.393 e. The van der Waals surface area contributed by atoms with Gasteiger partial charge >= 0.3 is 0 Å². The minimum absolute atomic E-state index is 0.0594. The van der Waals surface area contributed by atoms with Crippen LogP contribution in [0.4, 0.5) is 0 Å². The van der Waals surface area contributed by atoms with Crippen LogP contribution in [0.3, 0.4) is 0 Å². The molecule has 0 aromatic carbocycles. The van der Waals surface area contributed by atoms with Crippen LogP contribution in [0.5, 0.6) is 0 Å². The summed E-state index contributed by atoms with van der Waals surface area (Å²) >= 11 is 0. The summed E-state index contributed by atoms with van der Waals surface area (Å²) in [5.41, 5.74) is -5.05. The van der Waals surface area contributed by atoms with E-state index in [9.17, 15) is 30.6 Å². The Morgan fingerprint density at radius 2 is 1.87 bits per heavy atom. The predicted molar refractivity (Wildman–Crippen MR) is 109 cm³/mol. The van der Waals surface area contributed by atoms with Crippen molar-refractivity contribution in [3.63, 3.8) is 0 Å². The molecule has 6 N–H and O–H groups in total. The van der Waals surface area contributed by atoms with Crippen molar-refractivity contribution in [1.82, 2.24) is 4.90 Å². The zero-order valence-corrected chi connectivity index (χ0v) is 18.4. The number of aliphatic hydroxyl groups is 6. The number of ether oxygens (including phenoxy) is 1. The molecule has 13 unspecified atom stereocenters. The van der Waals surface area contributed by atoms with E-state index in [1.807, 2.05) is 0 Å². The molecule has 1 aliphatic heterocycles. The fourth-order valence-corrected chi connectivity index (χ4v) is 10.4. The van der Waals surface area contributed by atoms with Gasteiger partial charge in [0.2, 0.25) is 0 Å². The Morgan fingerprint density at radius 3 is 2.55 bits per heavy atom. The van der Waals surface area contributed by atoms with E-state index in [4.69, 9.17) is 4.74 Å². The summed E-state index contributed by atoms with van der Waals surface area (Å²) in [4.78, 5) is 2.19. The van der Waals surface area contributed by atoms with Gasteiger partial charge in [-0.2, -0.15) is 0 Å². The van der Waals surface area contributed by atoms with Crippen LogP contribution in [0.15, 0.2) is 0 Å². The predicted octanol–water partition coefficient (Wildman–Crippen LogP) is -1.30. The van der Waals surface area contributed by atoms with Crippen molar-refractivity contribution in [3.8, 4) is 0 Å². The van der Waals surface area contributed by atoms with Gasteiger partial charge in [-0.3, -0.25) is 4.90 Å². The van der Waals surface area contributed by atoms with Crippen molar-refractivity contribution in [2.45, 2.75) is 80.7 Å². The van der Waals surface area contributed by atoms with Crippen molar-refractivity contribution in [1.29, 1.82) is 0 Å². The zero-order valence-electron chi connectivity index (χ0n) is 18.4. The smallest absolute Gasteiger partial charge is 0.136 e. The minimum atomic E-state index is -1.94. The van der Waals surface area contributed by atoms with Gasteiger partial charge in [0.1, 0.15) is 11.2 Å². The molecule has 31 heavy (non-hydrogen) atoms. The fourth-order valence-electron chi connectivity index (χ4n) is 10.4. The maximum absolute atomic E-state index is 12.4. The van der Waals surface area contributed by atoms with Gasteiger partial charge < -0.3 is 35.4 Å². The summed E-state index contributed by atoms with van der Waals surface area (Å²) < 4.78 is 5.68. The Kier molecular flexibility index (Phi) is 4.26. The van der Waals surface area contributed by atoms with Gasteiger partial charge in [-0.15, -0.1) is 0 Å². The summed E-state index contributed by atoms with van der Waals surface area (Å²) in [6.45, 7) is 3.79. The number of aliphatic hydroxyl groups excluding tert-OH is 4. The first kappa shape index (κ1) is 21.2. The Hall–Kier alpha value is -0.320. The first-order valence-electron chi connectivity index (χ1n) is 12.0. The second kappa shape index (κ2) is 6.21. The molecule has 1 spiro atoms. The number of hydrogen-bond donors (Lipinski definition) is 6. The molecular weight excluding hydrogens is 402 g/mol. The molecule has 13 atom stereocenters. The number of rotatable bonds is 4. The third-order valence-corrected chi connectivity index (χ3v) is 10.8. The molecular formula is C23H37NO7. The number of hydrogen-bond acceptors (Lipinski definition) is 8. The van der Waals surface area contributed by atoms with E-state index in [2.05, 4.69) is 11.8 Å². The first-order valence-corrected chi connectivity index (χ1v) is 12.0. The number of likely N-dealkylation sites (tertiary alicyclic amines) is 1. The molecule has 0 aromatic heterocycles. The molecule has 6 rings (SSSR count). The van der Waals surface area contributed by atoms with Crippen LogP contribution in [0, 0.1) is 34.5 Å². The van der Waals surface area contributed by atoms with Crippen molar-refractivity contribution in [2.75, 3.05) is 26.8 Å². The van der Waals surface area contributed by atoms with Gasteiger partial charge in [-0.05, 0) is 38.1 Å². The summed E-state index contributed by atoms with van der Waals surface area (Å²) in [6.07, 6.45) is -1.44. The zero-order chi connectivity index (χ0) is 22.1. The molecule has 7 bridgehead atoms. The van der Waals surface area contributed by atoms with E-state index in [0.717, 1.165) is 6.42 Å². The average Bonchev–Trinajstić information content (AvgIpc) is 3.08. The first-order chi connectivity index (χ1) is 14.6. The lowest BCUT2D eigenvalue weighted by molar-refractivity contribution is -0.316. The SMILES string of the molecule is CCCN1CC2(COC)CCC(O)C34C5CC6C(O)CC(O)(C5C6O)C(O)(C(O)C23)C14. The van der Waals surface area contributed by atoms with E-state index < -0.39 is 64.3 Å². The van der Waals surface area contributed by atoms with E-state index in [1.54, 1.807) is 7.11 Å². The summed E-state index contributed by atoms with van der Waals surface area (Å²) in [5.74, 6) is -1.77. The summed E-state index contributed by atoms with van der Waals surface area (Å²) in [6, 6.07) is -0.622. The van der Waals surface area contributed by atoms with Crippen LogP contribution in [-0.2, 0) is 4.74 Å². The van der Waals surface area contributed by atoms with Crippen LogP contribution in [0.25, 0.3) is 0 Å². The number of fused-ring (bicyclic) bond motifs is 2. The maximum Gasteiger partial charge on any atom is 0.136 e. The van der Waals surface area contributed by atoms with Crippen molar-refractivity contribution >= 4 is 0 Å². The number of methoxy groups -OCH3 is 1. The van der Waals surface area contributed by atoms with Gasteiger partial charge in [-0.25, -0.2) is 0 Å². The third-order valence-electron chi connectivity index (χ3n) is 10.8. The van der Waals surface area contributed by atoms with Gasteiger partial charge in [0, 0.05) is 48.7 Å². The highest BCUT2D eigenvalue weighted by molar-refractivity contribution is 5.40. The van der Waals surface area contributed by atoms with Crippen LogP contribution >= 0.6 is 0 Å². The average molecular weight is 440 g/mol. The topological polar surface area (TPSA) is 134 Å². The van der Waals surface area contributed by atoms with Gasteiger partial charge in [-0.1, -0.05) is 6.92 Å². The fraction of sp³-hybridized carbons (Fsp3) is 1.00. The van der Waals surface area contributed by atoms with Crippen molar-refractivity contribution in [2.24, 2.45) is 34.5 Å². The van der Waals surface area contributed by atoms with Crippen molar-refractivity contribution < 1.29 is 35.4 Å². The second-order valence-electron chi connectivity index (χ2n) is 11.7. The molecule has 1 saturated heterocycles. The molecule has 0 aromatic rings. The lowest BCUT2D eigenvalue weighted by Crippen LogP contribution is -2.81. The third kappa shape index (κ3) is 1.96. The monoisotopic (exact) mass is 439 g/mol. The Balaban J connectivity index is 1.66. The molecule has 5 saturated carbocycles. The quantitative estimate of drug-likeness (QED) is 0.318. The van der Waals surface area contributed by atoms with E-state index in [1.165, 1.54) is 0 Å². The van der Waals surface area contributed by atoms with E-state index in [-0.39, 0.29) is 18.3 Å². The molecule has 8 nitrogen and oxygen atoms in total. The van der Waals surface area contributed by atoms with Crippen LogP contribution < -0.4 is 0 Å². The van der Waals surface area contributed by atoms with Crippen LogP contribution in [0.1, 0.15) is 39.0 Å². The standard InChI is InChI=1S/C23H37NO7/c1-3-6-24-9-20(10-31-2)5-4-14(26)22-12-7-11-13(25)8-21(29,15(12)16(11)27)23(30,19(22)24)18(28)17(20)22/h11-19,25-30H,3-10H2,1-2H3. The number of piperidine rings is 1. The molecule has 6 fully saturated rings. The molecule has 8 heteroatoms. The molecule has 6 aliphatic rings. The lowest BCUT2D eigenvalue weighted by atomic mass is 9.42. The van der Waals surface area contributed by atoms with E-state index >= 15 is 0 Å². The molecule has 0 amide bonds. The normalized spacial score (nSPS) is 64.1. The maximum atomic E-state index is 12.4. The highest BCUT2D eigenvalue weighted by Crippen LogP contribution is 2.79. The number of nitrogens with zero attached hydrogens (tertiary/aromatic N) is 1. The van der Waals surface area contributed by atoms with Gasteiger partial charge in [0.05, 0.1) is 37.1 Å². The molecule has 5 aliphatic carbocycles. The largest absolute Gasteiger partial charge is 0.393 e. The van der Waals surface area contributed by atoms with Gasteiger partial charge in [0.15, 0.2) is 0 Å². The lowest BCUT2D eigenvalue weighted by Gasteiger charge is -2.69. The van der Waals surface area contributed by atoms with Crippen LogP contribution in [0.2, 0.25) is 0 Å². The highest BCUT2D eigenvalue weighted by atomic mass is 16.5. The summed E-state index contributed by atoms with van der Waals surface area (Å²) in [7, 11) is 1.65. The Morgan fingerprint density at radius 1 is 1.13 bits per heavy atom. The Labute approximate surface area is 182 Å².